The molecule has 0 fully saturated rings. The average Bonchev–Trinajstić information content (AvgIpc) is 3.21. The highest BCUT2D eigenvalue weighted by molar-refractivity contribution is 5.14. The van der Waals surface area contributed by atoms with Gasteiger partial charge in [-0.25, -0.2) is 0 Å². The van der Waals surface area contributed by atoms with Crippen LogP contribution in [0.3, 0.4) is 0 Å². The minimum Gasteiger partial charge on any atom is -0.376 e. The third-order valence-electron chi connectivity index (χ3n) is 8.44. The summed E-state index contributed by atoms with van der Waals surface area (Å²) in [6.07, 6.45) is 6.63. The van der Waals surface area contributed by atoms with Gasteiger partial charge in [0.05, 0.1) is 85.4 Å². The SMILES string of the molecule is C=CCOCC(COCC(COCC(COCC(COCC(CN)OCCCC)OCc1ccccc1)OCc1ccccc1)OCCCC)OCCCC. The fourth-order valence-electron chi connectivity index (χ4n) is 5.13. The maximum atomic E-state index is 6.34. The van der Waals surface area contributed by atoms with Crippen molar-refractivity contribution < 1.29 is 47.4 Å². The van der Waals surface area contributed by atoms with Crippen LogP contribution in [0.2, 0.25) is 0 Å². The summed E-state index contributed by atoms with van der Waals surface area (Å²) < 4.78 is 61.0. The quantitative estimate of drug-likeness (QED) is 0.0562. The van der Waals surface area contributed by atoms with Crippen LogP contribution in [0, 0.1) is 0 Å². The predicted molar refractivity (Wildman–Crippen MR) is 217 cm³/mol. The van der Waals surface area contributed by atoms with E-state index in [1.807, 2.05) is 60.7 Å². The number of nitrogens with two attached hydrogens (primary N) is 1. The molecule has 0 amide bonds. The molecule has 0 aliphatic carbocycles. The molecular formula is C44H73NO10. The maximum absolute atomic E-state index is 6.34. The first kappa shape index (κ1) is 48.9. The summed E-state index contributed by atoms with van der Waals surface area (Å²) >= 11 is 0. The molecule has 314 valence electrons. The van der Waals surface area contributed by atoms with Crippen molar-refractivity contribution in [3.63, 3.8) is 0 Å². The van der Waals surface area contributed by atoms with Crippen LogP contribution in [-0.4, -0.2) is 123 Å². The highest BCUT2D eigenvalue weighted by Gasteiger charge is 2.19. The van der Waals surface area contributed by atoms with E-state index in [1.54, 1.807) is 6.08 Å². The molecule has 0 bridgehead atoms. The third kappa shape index (κ3) is 26.3. The summed E-state index contributed by atoms with van der Waals surface area (Å²) in [6.45, 7) is 17.1. The van der Waals surface area contributed by atoms with Gasteiger partial charge in [0.1, 0.15) is 24.4 Å². The van der Waals surface area contributed by atoms with Gasteiger partial charge in [0.15, 0.2) is 0 Å². The van der Waals surface area contributed by atoms with E-state index in [2.05, 4.69) is 27.4 Å². The first-order valence-corrected chi connectivity index (χ1v) is 20.5. The summed E-state index contributed by atoms with van der Waals surface area (Å²) in [7, 11) is 0. The fourth-order valence-corrected chi connectivity index (χ4v) is 5.13. The second kappa shape index (κ2) is 34.9. The molecule has 11 nitrogen and oxygen atoms in total. The second-order valence-electron chi connectivity index (χ2n) is 13.6. The Bertz CT molecular complexity index is 1110. The van der Waals surface area contributed by atoms with Gasteiger partial charge >= 0.3 is 0 Å². The van der Waals surface area contributed by atoms with Gasteiger partial charge in [0.25, 0.3) is 0 Å². The zero-order valence-corrected chi connectivity index (χ0v) is 34.2. The molecule has 0 radical (unpaired) electrons. The van der Waals surface area contributed by atoms with Crippen LogP contribution in [0.1, 0.15) is 70.4 Å². The monoisotopic (exact) mass is 776 g/mol. The Labute approximate surface area is 332 Å². The van der Waals surface area contributed by atoms with E-state index in [9.17, 15) is 0 Å². The molecule has 0 saturated carbocycles. The zero-order chi connectivity index (χ0) is 39.4. The Kier molecular flexibility index (Phi) is 31.1. The molecule has 55 heavy (non-hydrogen) atoms. The van der Waals surface area contributed by atoms with Gasteiger partial charge in [-0.2, -0.15) is 0 Å². The van der Waals surface area contributed by atoms with Crippen molar-refractivity contribution in [2.75, 3.05) is 92.4 Å². The lowest BCUT2D eigenvalue weighted by atomic mass is 10.2. The topological polar surface area (TPSA) is 118 Å². The molecule has 2 aromatic carbocycles. The minimum absolute atomic E-state index is 0.160. The van der Waals surface area contributed by atoms with Crippen LogP contribution in [0.15, 0.2) is 73.3 Å². The van der Waals surface area contributed by atoms with Crippen molar-refractivity contribution in [1.82, 2.24) is 0 Å². The summed E-state index contributed by atoms with van der Waals surface area (Å²) in [5.74, 6) is 0. The number of ether oxygens (including phenoxy) is 10. The third-order valence-corrected chi connectivity index (χ3v) is 8.44. The van der Waals surface area contributed by atoms with Crippen molar-refractivity contribution in [3.8, 4) is 0 Å². The van der Waals surface area contributed by atoms with Crippen LogP contribution >= 0.6 is 0 Å². The van der Waals surface area contributed by atoms with Crippen molar-refractivity contribution in [2.45, 2.75) is 103 Å². The normalized spacial score (nSPS) is 14.4. The van der Waals surface area contributed by atoms with E-state index in [0.29, 0.717) is 106 Å². The molecule has 5 atom stereocenters. The Morgan fingerprint density at radius 3 is 1.15 bits per heavy atom. The van der Waals surface area contributed by atoms with Gasteiger partial charge in [0.2, 0.25) is 0 Å². The van der Waals surface area contributed by atoms with E-state index in [-0.39, 0.29) is 30.5 Å². The highest BCUT2D eigenvalue weighted by Crippen LogP contribution is 2.10. The van der Waals surface area contributed by atoms with Crippen LogP contribution in [-0.2, 0) is 60.6 Å². The first-order chi connectivity index (χ1) is 27.1. The Hall–Kier alpha value is -2.26. The Balaban J connectivity index is 1.98. The lowest BCUT2D eigenvalue weighted by molar-refractivity contribution is -0.121. The molecule has 0 aliphatic heterocycles. The fraction of sp³-hybridized carbons (Fsp3) is 0.682. The lowest BCUT2D eigenvalue weighted by Crippen LogP contribution is -2.35. The van der Waals surface area contributed by atoms with Gasteiger partial charge in [-0.05, 0) is 30.4 Å². The molecule has 0 aromatic heterocycles. The molecule has 0 saturated heterocycles. The largest absolute Gasteiger partial charge is 0.376 e. The molecule has 2 N–H and O–H groups in total. The number of rotatable bonds is 39. The summed E-state index contributed by atoms with van der Waals surface area (Å²) in [4.78, 5) is 0. The molecule has 0 aliphatic rings. The number of unbranched alkanes of at least 4 members (excludes halogenated alkanes) is 3. The Morgan fingerprint density at radius 2 is 0.800 bits per heavy atom. The molecule has 2 rings (SSSR count). The molecule has 2 aromatic rings. The van der Waals surface area contributed by atoms with E-state index >= 15 is 0 Å². The molecule has 0 spiro atoms. The highest BCUT2D eigenvalue weighted by atomic mass is 16.6. The second-order valence-corrected chi connectivity index (χ2v) is 13.6. The van der Waals surface area contributed by atoms with Crippen molar-refractivity contribution >= 4 is 0 Å². The van der Waals surface area contributed by atoms with Crippen LogP contribution in [0.4, 0.5) is 0 Å². The molecule has 5 unspecified atom stereocenters. The van der Waals surface area contributed by atoms with E-state index < -0.39 is 0 Å². The molecule has 11 heteroatoms. The maximum Gasteiger partial charge on any atom is 0.105 e. The lowest BCUT2D eigenvalue weighted by Gasteiger charge is -2.24. The predicted octanol–water partition coefficient (Wildman–Crippen LogP) is 6.94. The smallest absolute Gasteiger partial charge is 0.105 e. The Morgan fingerprint density at radius 1 is 0.473 bits per heavy atom. The van der Waals surface area contributed by atoms with E-state index in [4.69, 9.17) is 53.1 Å². The van der Waals surface area contributed by atoms with E-state index in [1.165, 1.54) is 0 Å². The minimum atomic E-state index is -0.333. The van der Waals surface area contributed by atoms with Crippen molar-refractivity contribution in [2.24, 2.45) is 5.73 Å². The number of benzene rings is 2. The number of hydrogen-bond donors (Lipinski definition) is 1. The van der Waals surface area contributed by atoms with Crippen LogP contribution < -0.4 is 5.73 Å². The van der Waals surface area contributed by atoms with Gasteiger partial charge in [0, 0.05) is 26.4 Å². The van der Waals surface area contributed by atoms with Gasteiger partial charge in [-0.1, -0.05) is 107 Å². The first-order valence-electron chi connectivity index (χ1n) is 20.5. The molecule has 0 heterocycles. The summed E-state index contributed by atoms with van der Waals surface area (Å²) in [5.41, 5.74) is 8.09. The van der Waals surface area contributed by atoms with Gasteiger partial charge in [-0.3, -0.25) is 0 Å². The van der Waals surface area contributed by atoms with Gasteiger partial charge in [-0.15, -0.1) is 6.58 Å². The number of hydrogen-bond acceptors (Lipinski definition) is 11. The van der Waals surface area contributed by atoms with Crippen molar-refractivity contribution in [1.29, 1.82) is 0 Å². The average molecular weight is 776 g/mol. The summed E-state index contributed by atoms with van der Waals surface area (Å²) in [5, 5.41) is 0. The standard InChI is InChI=1S/C44H73NO10/c1-5-9-23-51-40(26-45)29-47-34-43(54-27-38-18-14-12-15-19-38)36-50-37-44(55-28-39-20-16-13-17-21-39)35-49-33-42(53-25-11-7-3)32-48-31-41(30-46-22-8-4)52-24-10-6-2/h8,12-21,40-44H,4-7,9-11,22-37,45H2,1-3H3. The zero-order valence-electron chi connectivity index (χ0n) is 34.2. The van der Waals surface area contributed by atoms with Crippen molar-refractivity contribution in [3.05, 3.63) is 84.4 Å². The van der Waals surface area contributed by atoms with Crippen LogP contribution in [0.5, 0.6) is 0 Å². The van der Waals surface area contributed by atoms with Gasteiger partial charge < -0.3 is 53.1 Å². The van der Waals surface area contributed by atoms with Crippen LogP contribution in [0.25, 0.3) is 0 Å². The van der Waals surface area contributed by atoms with E-state index in [0.717, 1.165) is 49.7 Å². The molecular weight excluding hydrogens is 702 g/mol. The summed E-state index contributed by atoms with van der Waals surface area (Å²) in [6, 6.07) is 20.2.